The van der Waals surface area contributed by atoms with Crippen LogP contribution >= 0.6 is 11.8 Å². The van der Waals surface area contributed by atoms with E-state index in [1.165, 1.54) is 15.4 Å². The van der Waals surface area contributed by atoms with Crippen LogP contribution in [0.2, 0.25) is 0 Å². The van der Waals surface area contributed by atoms with Gasteiger partial charge in [-0.3, -0.25) is 4.79 Å². The first-order valence-corrected chi connectivity index (χ1v) is 10.9. The summed E-state index contributed by atoms with van der Waals surface area (Å²) >= 11 is 1.76. The fourth-order valence-electron chi connectivity index (χ4n) is 3.62. The predicted molar refractivity (Wildman–Crippen MR) is 115 cm³/mol. The fourth-order valence-corrected chi connectivity index (χ4v) is 4.03. The van der Waals surface area contributed by atoms with Gasteiger partial charge in [0.05, 0.1) is 47.5 Å². The average Bonchev–Trinajstić information content (AvgIpc) is 2.78. The quantitative estimate of drug-likeness (QED) is 0.698. The van der Waals surface area contributed by atoms with Crippen molar-refractivity contribution >= 4 is 17.7 Å². The molecule has 1 heterocycles. The predicted octanol–water partition coefficient (Wildman–Crippen LogP) is 1.98. The maximum absolute atomic E-state index is 13.0. The van der Waals surface area contributed by atoms with E-state index in [1.54, 1.807) is 45.2 Å². The molecule has 3 rings (SSSR count). The van der Waals surface area contributed by atoms with Crippen LogP contribution in [0, 0.1) is 0 Å². The molecule has 0 atom stereocenters. The lowest BCUT2D eigenvalue weighted by Gasteiger charge is -2.32. The lowest BCUT2D eigenvalue weighted by molar-refractivity contribution is -0.917. The van der Waals surface area contributed by atoms with Crippen molar-refractivity contribution in [1.29, 1.82) is 0 Å². The van der Waals surface area contributed by atoms with Crippen LogP contribution in [0.25, 0.3) is 0 Å². The Morgan fingerprint density at radius 1 is 1.00 bits per heavy atom. The molecule has 0 bridgehead atoms. The Bertz CT molecular complexity index is 808. The second kappa shape index (κ2) is 9.89. The molecule has 1 aliphatic rings. The Hall–Kier alpha value is -2.38. The van der Waals surface area contributed by atoms with Gasteiger partial charge in [0, 0.05) is 16.0 Å². The van der Waals surface area contributed by atoms with Crippen LogP contribution in [0.15, 0.2) is 41.3 Å². The summed E-state index contributed by atoms with van der Waals surface area (Å²) in [4.78, 5) is 17.7. The Balaban J connectivity index is 1.63. The average molecular weight is 418 g/mol. The number of hydrogen-bond acceptors (Lipinski definition) is 5. The van der Waals surface area contributed by atoms with E-state index in [4.69, 9.17) is 14.2 Å². The molecule has 1 aliphatic heterocycles. The molecule has 0 radical (unpaired) electrons. The van der Waals surface area contributed by atoms with Crippen molar-refractivity contribution in [1.82, 2.24) is 4.90 Å². The summed E-state index contributed by atoms with van der Waals surface area (Å²) < 4.78 is 16.1. The molecular formula is C22H29N2O4S+. The summed E-state index contributed by atoms with van der Waals surface area (Å²) in [6, 6.07) is 12.2. The molecule has 0 aliphatic carbocycles. The highest BCUT2D eigenvalue weighted by atomic mass is 32.2. The lowest BCUT2D eigenvalue weighted by atomic mass is 10.1. The summed E-state index contributed by atoms with van der Waals surface area (Å²) in [5.74, 6) is 1.47. The van der Waals surface area contributed by atoms with Crippen LogP contribution in [-0.2, 0) is 6.54 Å². The molecule has 0 spiro atoms. The SMILES string of the molecule is COc1cc(C(=O)N2CC[NH+](Cc3ccc(SC)cc3)CC2)cc(OC)c1OC. The number of benzene rings is 2. The lowest BCUT2D eigenvalue weighted by Crippen LogP contribution is -3.13. The molecule has 0 aromatic heterocycles. The van der Waals surface area contributed by atoms with E-state index in [1.807, 2.05) is 4.90 Å². The summed E-state index contributed by atoms with van der Waals surface area (Å²) in [6.45, 7) is 4.31. The van der Waals surface area contributed by atoms with Crippen molar-refractivity contribution in [3.8, 4) is 17.2 Å². The van der Waals surface area contributed by atoms with Gasteiger partial charge in [-0.25, -0.2) is 0 Å². The molecule has 1 amide bonds. The minimum atomic E-state index is -0.00683. The van der Waals surface area contributed by atoms with Crippen molar-refractivity contribution in [2.45, 2.75) is 11.4 Å². The fraction of sp³-hybridized carbons (Fsp3) is 0.409. The monoisotopic (exact) mass is 417 g/mol. The highest BCUT2D eigenvalue weighted by Gasteiger charge is 2.26. The third-order valence-electron chi connectivity index (χ3n) is 5.28. The second-order valence-corrected chi connectivity index (χ2v) is 7.86. The van der Waals surface area contributed by atoms with Gasteiger partial charge in [0.25, 0.3) is 5.91 Å². The van der Waals surface area contributed by atoms with Crippen LogP contribution in [-0.4, -0.2) is 64.6 Å². The molecular weight excluding hydrogens is 388 g/mol. The zero-order valence-corrected chi connectivity index (χ0v) is 18.3. The largest absolute Gasteiger partial charge is 0.493 e. The first-order valence-electron chi connectivity index (χ1n) is 9.65. The van der Waals surface area contributed by atoms with Crippen LogP contribution in [0.1, 0.15) is 15.9 Å². The Kier molecular flexibility index (Phi) is 7.28. The van der Waals surface area contributed by atoms with Gasteiger partial charge in [0.15, 0.2) is 11.5 Å². The van der Waals surface area contributed by atoms with Gasteiger partial charge in [-0.2, -0.15) is 0 Å². The summed E-state index contributed by atoms with van der Waals surface area (Å²) in [5.41, 5.74) is 1.89. The summed E-state index contributed by atoms with van der Waals surface area (Å²) in [7, 11) is 4.66. The molecule has 1 N–H and O–H groups in total. The number of hydrogen-bond donors (Lipinski definition) is 1. The van der Waals surface area contributed by atoms with E-state index in [0.717, 1.165) is 32.7 Å². The molecule has 1 fully saturated rings. The van der Waals surface area contributed by atoms with Crippen molar-refractivity contribution in [2.75, 3.05) is 53.8 Å². The van der Waals surface area contributed by atoms with Gasteiger partial charge < -0.3 is 24.0 Å². The van der Waals surface area contributed by atoms with Crippen LogP contribution < -0.4 is 19.1 Å². The second-order valence-electron chi connectivity index (χ2n) is 6.98. The molecule has 156 valence electrons. The van der Waals surface area contributed by atoms with E-state index in [2.05, 4.69) is 30.5 Å². The summed E-state index contributed by atoms with van der Waals surface area (Å²) in [5, 5.41) is 0. The number of nitrogens with zero attached hydrogens (tertiary/aromatic N) is 1. The number of ether oxygens (including phenoxy) is 3. The molecule has 2 aromatic rings. The van der Waals surface area contributed by atoms with E-state index >= 15 is 0 Å². The Labute approximate surface area is 176 Å². The molecule has 6 nitrogen and oxygen atoms in total. The third kappa shape index (κ3) is 4.97. The van der Waals surface area contributed by atoms with Gasteiger partial charge in [-0.05, 0) is 30.5 Å². The first kappa shape index (κ1) is 21.3. The highest BCUT2D eigenvalue weighted by Crippen LogP contribution is 2.38. The van der Waals surface area contributed by atoms with Crippen LogP contribution in [0.5, 0.6) is 17.2 Å². The van der Waals surface area contributed by atoms with Gasteiger partial charge >= 0.3 is 0 Å². The molecule has 7 heteroatoms. The summed E-state index contributed by atoms with van der Waals surface area (Å²) in [6.07, 6.45) is 2.09. The van der Waals surface area contributed by atoms with E-state index in [-0.39, 0.29) is 5.91 Å². The van der Waals surface area contributed by atoms with Gasteiger partial charge in [0.2, 0.25) is 5.75 Å². The maximum Gasteiger partial charge on any atom is 0.254 e. The zero-order valence-electron chi connectivity index (χ0n) is 17.5. The normalized spacial score (nSPS) is 14.6. The van der Waals surface area contributed by atoms with Gasteiger partial charge in [-0.1, -0.05) is 12.1 Å². The Morgan fingerprint density at radius 2 is 1.59 bits per heavy atom. The number of amides is 1. The molecule has 0 unspecified atom stereocenters. The number of piperazine rings is 1. The number of methoxy groups -OCH3 is 3. The highest BCUT2D eigenvalue weighted by molar-refractivity contribution is 7.98. The maximum atomic E-state index is 13.0. The van der Waals surface area contributed by atoms with Gasteiger partial charge in [-0.15, -0.1) is 11.8 Å². The van der Waals surface area contributed by atoms with Crippen LogP contribution in [0.3, 0.4) is 0 Å². The van der Waals surface area contributed by atoms with E-state index in [0.29, 0.717) is 22.8 Å². The number of rotatable bonds is 7. The molecule has 2 aromatic carbocycles. The topological polar surface area (TPSA) is 52.4 Å². The molecule has 1 saturated heterocycles. The van der Waals surface area contributed by atoms with Gasteiger partial charge in [0.1, 0.15) is 6.54 Å². The minimum Gasteiger partial charge on any atom is -0.493 e. The van der Waals surface area contributed by atoms with Crippen LogP contribution in [0.4, 0.5) is 0 Å². The molecule has 0 saturated carbocycles. The van der Waals surface area contributed by atoms with Crippen molar-refractivity contribution in [2.24, 2.45) is 0 Å². The number of carbonyl (C=O) groups excluding carboxylic acids is 1. The van der Waals surface area contributed by atoms with Crippen molar-refractivity contribution in [3.05, 3.63) is 47.5 Å². The number of carbonyl (C=O) groups is 1. The van der Waals surface area contributed by atoms with E-state index < -0.39 is 0 Å². The molecule has 29 heavy (non-hydrogen) atoms. The van der Waals surface area contributed by atoms with Crippen molar-refractivity contribution in [3.63, 3.8) is 0 Å². The van der Waals surface area contributed by atoms with Crippen molar-refractivity contribution < 1.29 is 23.9 Å². The third-order valence-corrected chi connectivity index (χ3v) is 6.03. The standard InChI is InChI=1S/C22H28N2O4S/c1-26-19-13-17(14-20(27-2)21(19)28-3)22(25)24-11-9-23(10-12-24)15-16-5-7-18(29-4)8-6-16/h5-8,13-14H,9-12,15H2,1-4H3/p+1. The minimum absolute atomic E-state index is 0.00683. The smallest absolute Gasteiger partial charge is 0.254 e. The number of thioether (sulfide) groups is 1. The Morgan fingerprint density at radius 3 is 2.07 bits per heavy atom. The number of quaternary nitrogens is 1. The zero-order chi connectivity index (χ0) is 20.8. The first-order chi connectivity index (χ1) is 14.1. The number of nitrogens with one attached hydrogen (secondary N) is 1. The van der Waals surface area contributed by atoms with E-state index in [9.17, 15) is 4.79 Å².